The zero-order chi connectivity index (χ0) is 11.1. The van der Waals surface area contributed by atoms with E-state index < -0.39 is 11.7 Å². The average molecular weight is 203 g/mol. The molecule has 0 saturated heterocycles. The zero-order valence-electron chi connectivity index (χ0n) is 8.10. The largest absolute Gasteiger partial charge is 0.408 e. The summed E-state index contributed by atoms with van der Waals surface area (Å²) in [6, 6.07) is 8.37. The molecule has 76 valence electrons. The van der Waals surface area contributed by atoms with Crippen molar-refractivity contribution in [3.63, 3.8) is 0 Å². The van der Waals surface area contributed by atoms with Crippen LogP contribution in [0, 0.1) is 12.0 Å². The Morgan fingerprint density at radius 1 is 1.40 bits per heavy atom. The van der Waals surface area contributed by atoms with Crippen LogP contribution in [0.15, 0.2) is 35.5 Å². The lowest BCUT2D eigenvalue weighted by Gasteiger charge is -1.99. The van der Waals surface area contributed by atoms with Gasteiger partial charge in [-0.25, -0.2) is 0 Å². The van der Waals surface area contributed by atoms with Gasteiger partial charge in [-0.15, -0.1) is 0 Å². The number of benzene rings is 1. The molecule has 0 aliphatic carbocycles. The average Bonchev–Trinajstić information content (AvgIpc) is 2.31. The van der Waals surface area contributed by atoms with Gasteiger partial charge in [0, 0.05) is 12.5 Å². The number of rotatable bonds is 2. The second-order valence-corrected chi connectivity index (χ2v) is 2.55. The zero-order valence-corrected chi connectivity index (χ0v) is 8.10. The third-order valence-electron chi connectivity index (χ3n) is 1.57. The van der Waals surface area contributed by atoms with Gasteiger partial charge in [-0.3, -0.25) is 4.79 Å². The van der Waals surface area contributed by atoms with E-state index in [4.69, 9.17) is 5.21 Å². The van der Waals surface area contributed by atoms with Crippen molar-refractivity contribution >= 4 is 11.7 Å². The topological polar surface area (TPSA) is 58.9 Å². The van der Waals surface area contributed by atoms with Gasteiger partial charge in [0.2, 0.25) is 0 Å². The number of carbonyl (C=O) groups excluding carboxylic acids is 1. The van der Waals surface area contributed by atoms with E-state index in [0.717, 1.165) is 0 Å². The first-order valence-corrected chi connectivity index (χ1v) is 4.20. The first-order valence-electron chi connectivity index (χ1n) is 4.20. The van der Waals surface area contributed by atoms with E-state index in [2.05, 4.69) is 21.9 Å². The maximum atomic E-state index is 11.6. The third kappa shape index (κ3) is 2.85. The van der Waals surface area contributed by atoms with Crippen molar-refractivity contribution in [3.05, 3.63) is 35.9 Å². The van der Waals surface area contributed by atoms with Crippen molar-refractivity contribution in [3.8, 4) is 12.0 Å². The Morgan fingerprint density at radius 2 is 2.07 bits per heavy atom. The Kier molecular flexibility index (Phi) is 3.92. The van der Waals surface area contributed by atoms with Crippen molar-refractivity contribution in [2.45, 2.75) is 6.92 Å². The van der Waals surface area contributed by atoms with Gasteiger partial charge in [0.25, 0.3) is 5.78 Å². The number of ether oxygens (including phenoxy) is 1. The van der Waals surface area contributed by atoms with Crippen LogP contribution in [0.4, 0.5) is 0 Å². The number of ketones is 1. The Labute approximate surface area is 87.2 Å². The summed E-state index contributed by atoms with van der Waals surface area (Å²) >= 11 is 0. The maximum absolute atomic E-state index is 11.6. The monoisotopic (exact) mass is 203 g/mol. The minimum Gasteiger partial charge on any atom is -0.408 e. The van der Waals surface area contributed by atoms with E-state index in [9.17, 15) is 4.79 Å². The highest BCUT2D eigenvalue weighted by Crippen LogP contribution is 2.02. The van der Waals surface area contributed by atoms with Crippen molar-refractivity contribution in [2.75, 3.05) is 0 Å². The lowest BCUT2D eigenvalue weighted by Crippen LogP contribution is -2.16. The van der Waals surface area contributed by atoms with Gasteiger partial charge in [-0.2, -0.15) is 0 Å². The molecule has 1 N–H and O–H groups in total. The molecule has 1 aromatic rings. The molecule has 0 heterocycles. The smallest absolute Gasteiger partial charge is 0.313 e. The fourth-order valence-electron chi connectivity index (χ4n) is 0.925. The molecule has 0 atom stereocenters. The lowest BCUT2D eigenvalue weighted by atomic mass is 10.1. The van der Waals surface area contributed by atoms with Crippen LogP contribution in [0.5, 0.6) is 0 Å². The van der Waals surface area contributed by atoms with Crippen LogP contribution in [0.2, 0.25) is 0 Å². The minimum atomic E-state index is -0.513. The molecule has 0 fully saturated rings. The quantitative estimate of drug-likeness (QED) is 0.198. The van der Waals surface area contributed by atoms with Gasteiger partial charge in [-0.05, 0) is 5.16 Å². The fraction of sp³-hybridized carbons (Fsp3) is 0.0909. The summed E-state index contributed by atoms with van der Waals surface area (Å²) in [6.45, 7) is 1.54. The van der Waals surface area contributed by atoms with Crippen LogP contribution in [-0.2, 0) is 4.74 Å². The summed E-state index contributed by atoms with van der Waals surface area (Å²) in [5.41, 5.74) is 0.378. The number of hydrogen-bond acceptors (Lipinski definition) is 4. The summed E-state index contributed by atoms with van der Waals surface area (Å²) in [7, 11) is 0. The molecule has 0 amide bonds. The van der Waals surface area contributed by atoms with E-state index >= 15 is 0 Å². The van der Waals surface area contributed by atoms with Crippen LogP contribution in [0.1, 0.15) is 17.3 Å². The molecule has 15 heavy (non-hydrogen) atoms. The summed E-state index contributed by atoms with van der Waals surface area (Å²) < 4.78 is 4.65. The van der Waals surface area contributed by atoms with Crippen LogP contribution in [0.25, 0.3) is 0 Å². The van der Waals surface area contributed by atoms with Gasteiger partial charge < -0.3 is 9.94 Å². The number of nitrogens with zero attached hydrogens (tertiary/aromatic N) is 1. The van der Waals surface area contributed by atoms with Crippen molar-refractivity contribution in [1.29, 1.82) is 0 Å². The Balaban J connectivity index is 2.87. The number of carbonyl (C=O) groups is 1. The molecule has 4 heteroatoms. The first kappa shape index (κ1) is 10.8. The van der Waals surface area contributed by atoms with Gasteiger partial charge in [-0.1, -0.05) is 36.3 Å². The van der Waals surface area contributed by atoms with Gasteiger partial charge >= 0.3 is 5.90 Å². The molecule has 4 nitrogen and oxygen atoms in total. The predicted molar refractivity (Wildman–Crippen MR) is 54.5 cm³/mol. The summed E-state index contributed by atoms with van der Waals surface area (Å²) in [4.78, 5) is 11.6. The summed E-state index contributed by atoms with van der Waals surface area (Å²) in [5.74, 6) is 1.47. The molecule has 1 rings (SSSR count). The van der Waals surface area contributed by atoms with Crippen LogP contribution in [-0.4, -0.2) is 16.9 Å². The predicted octanol–water partition coefficient (Wildman–Crippen LogP) is 1.65. The van der Waals surface area contributed by atoms with E-state index in [1.54, 1.807) is 37.3 Å². The highest BCUT2D eigenvalue weighted by molar-refractivity contribution is 6.42. The first-order chi connectivity index (χ1) is 7.29. The standard InChI is InChI=1S/C11H9NO3/c1-2-8-15-11(12-14)10(13)9-6-4-3-5-7-9/h3-7,14H,1H3. The molecular weight excluding hydrogens is 194 g/mol. The molecule has 0 aromatic heterocycles. The van der Waals surface area contributed by atoms with E-state index in [0.29, 0.717) is 5.56 Å². The lowest BCUT2D eigenvalue weighted by molar-refractivity contribution is 0.103. The fourth-order valence-corrected chi connectivity index (χ4v) is 0.925. The second kappa shape index (κ2) is 5.45. The van der Waals surface area contributed by atoms with Crippen LogP contribution >= 0.6 is 0 Å². The molecule has 0 aliphatic heterocycles. The second-order valence-electron chi connectivity index (χ2n) is 2.55. The molecule has 1 aromatic carbocycles. The van der Waals surface area contributed by atoms with Gasteiger partial charge in [0.1, 0.15) is 6.11 Å². The SMILES string of the molecule is CC#COC(=NO)C(=O)c1ccccc1. The van der Waals surface area contributed by atoms with E-state index in [1.165, 1.54) is 0 Å². The molecule has 0 unspecified atom stereocenters. The minimum absolute atomic E-state index is 0.378. The van der Waals surface area contributed by atoms with Crippen molar-refractivity contribution < 1.29 is 14.7 Å². The molecule has 0 bridgehead atoms. The highest BCUT2D eigenvalue weighted by atomic mass is 16.5. The van der Waals surface area contributed by atoms with Crippen LogP contribution in [0.3, 0.4) is 0 Å². The van der Waals surface area contributed by atoms with Crippen LogP contribution < -0.4 is 0 Å². The molecule has 0 aliphatic rings. The molecule has 0 radical (unpaired) electrons. The number of hydrogen-bond donors (Lipinski definition) is 1. The Bertz CT molecular complexity index is 426. The summed E-state index contributed by atoms with van der Waals surface area (Å²) in [5, 5.41) is 11.3. The van der Waals surface area contributed by atoms with Crippen molar-refractivity contribution in [1.82, 2.24) is 0 Å². The number of Topliss-reactive ketones (excluding diaryl/α,β-unsaturated/α-hetero) is 1. The van der Waals surface area contributed by atoms with Crippen molar-refractivity contribution in [2.24, 2.45) is 5.16 Å². The maximum Gasteiger partial charge on any atom is 0.313 e. The summed E-state index contributed by atoms with van der Waals surface area (Å²) in [6.07, 6.45) is 2.19. The number of oxime groups is 1. The Hall–Kier alpha value is -2.28. The van der Waals surface area contributed by atoms with E-state index in [1.807, 2.05) is 0 Å². The van der Waals surface area contributed by atoms with Gasteiger partial charge in [0.05, 0.1) is 0 Å². The van der Waals surface area contributed by atoms with Gasteiger partial charge in [0.15, 0.2) is 0 Å². The normalized spacial score (nSPS) is 10.1. The molecule has 0 spiro atoms. The molecular formula is C11H9NO3. The Morgan fingerprint density at radius 3 is 2.60 bits per heavy atom. The molecule has 0 saturated carbocycles. The highest BCUT2D eigenvalue weighted by Gasteiger charge is 2.15. The van der Waals surface area contributed by atoms with E-state index in [-0.39, 0.29) is 0 Å². The third-order valence-corrected chi connectivity index (χ3v) is 1.57.